The molecule has 0 bridgehead atoms. The molecule has 1 aromatic carbocycles. The largest absolute Gasteiger partial charge is 0.506 e. The lowest BCUT2D eigenvalue weighted by molar-refractivity contribution is 0.343. The van der Waals surface area contributed by atoms with Crippen molar-refractivity contribution in [2.45, 2.75) is 19.3 Å². The van der Waals surface area contributed by atoms with Gasteiger partial charge in [-0.25, -0.2) is 0 Å². The van der Waals surface area contributed by atoms with Crippen molar-refractivity contribution >= 4 is 5.69 Å². The van der Waals surface area contributed by atoms with Crippen LogP contribution in [0.4, 0.5) is 5.69 Å². The number of rotatable bonds is 3. The zero-order valence-corrected chi connectivity index (χ0v) is 8.95. The average Bonchev–Trinajstić information content (AvgIpc) is 2.73. The van der Waals surface area contributed by atoms with Crippen LogP contribution in [-0.4, -0.2) is 29.6 Å². The predicted octanol–water partition coefficient (Wildman–Crippen LogP) is 1.61. The molecule has 2 rings (SSSR count). The summed E-state index contributed by atoms with van der Waals surface area (Å²) in [7, 11) is 0. The minimum absolute atomic E-state index is 0.180. The predicted molar refractivity (Wildman–Crippen MR) is 61.9 cm³/mol. The Morgan fingerprint density at radius 3 is 2.67 bits per heavy atom. The van der Waals surface area contributed by atoms with Crippen LogP contribution in [0.15, 0.2) is 18.2 Å². The molecule has 1 aromatic rings. The molecule has 0 spiro atoms. The summed E-state index contributed by atoms with van der Waals surface area (Å²) in [6.45, 7) is 3.56. The van der Waals surface area contributed by atoms with Crippen LogP contribution in [0, 0.1) is 0 Å². The molecule has 0 aromatic heterocycles. The standard InChI is InChI=1S/C12H18N2O/c13-11-9-10(3-4-12(11)15)5-8-14-6-1-2-7-14/h3-4,9,15H,1-2,5-8,13H2. The summed E-state index contributed by atoms with van der Waals surface area (Å²) in [5.41, 5.74) is 7.33. The molecule has 0 aliphatic carbocycles. The third-order valence-electron chi connectivity index (χ3n) is 3.01. The molecule has 15 heavy (non-hydrogen) atoms. The highest BCUT2D eigenvalue weighted by molar-refractivity contribution is 5.53. The van der Waals surface area contributed by atoms with Crippen molar-refractivity contribution in [1.82, 2.24) is 4.90 Å². The van der Waals surface area contributed by atoms with Crippen LogP contribution < -0.4 is 5.73 Å². The van der Waals surface area contributed by atoms with Gasteiger partial charge in [-0.15, -0.1) is 0 Å². The minimum Gasteiger partial charge on any atom is -0.506 e. The van der Waals surface area contributed by atoms with E-state index >= 15 is 0 Å². The third-order valence-corrected chi connectivity index (χ3v) is 3.01. The number of nitrogens with zero attached hydrogens (tertiary/aromatic N) is 1. The van der Waals surface area contributed by atoms with Gasteiger partial charge < -0.3 is 15.7 Å². The van der Waals surface area contributed by atoms with Gasteiger partial charge in [-0.1, -0.05) is 6.07 Å². The summed E-state index contributed by atoms with van der Waals surface area (Å²) in [6.07, 6.45) is 3.68. The van der Waals surface area contributed by atoms with Crippen molar-refractivity contribution in [2.75, 3.05) is 25.4 Å². The fraction of sp³-hybridized carbons (Fsp3) is 0.500. The van der Waals surface area contributed by atoms with Crippen LogP contribution in [0.5, 0.6) is 5.75 Å². The topological polar surface area (TPSA) is 49.5 Å². The summed E-state index contributed by atoms with van der Waals surface area (Å²) in [5.74, 6) is 0.180. The molecule has 1 aliphatic rings. The van der Waals surface area contributed by atoms with E-state index in [9.17, 15) is 5.11 Å². The Hall–Kier alpha value is -1.22. The number of phenolic OH excluding ortho intramolecular Hbond substituents is 1. The van der Waals surface area contributed by atoms with Gasteiger partial charge in [0.2, 0.25) is 0 Å². The first kappa shape index (κ1) is 10.3. The van der Waals surface area contributed by atoms with Crippen LogP contribution in [0.25, 0.3) is 0 Å². The molecule has 1 saturated heterocycles. The average molecular weight is 206 g/mol. The van der Waals surface area contributed by atoms with E-state index in [1.54, 1.807) is 6.07 Å². The molecule has 1 heterocycles. The third kappa shape index (κ3) is 2.63. The van der Waals surface area contributed by atoms with E-state index in [2.05, 4.69) is 4.90 Å². The molecule has 0 saturated carbocycles. The van der Waals surface area contributed by atoms with E-state index in [-0.39, 0.29) is 5.75 Å². The number of likely N-dealkylation sites (tertiary alicyclic amines) is 1. The number of nitrogens with two attached hydrogens (primary N) is 1. The van der Waals surface area contributed by atoms with Crippen LogP contribution in [0.2, 0.25) is 0 Å². The summed E-state index contributed by atoms with van der Waals surface area (Å²) >= 11 is 0. The lowest BCUT2D eigenvalue weighted by Crippen LogP contribution is -2.21. The van der Waals surface area contributed by atoms with Crippen molar-refractivity contribution in [3.8, 4) is 5.75 Å². The van der Waals surface area contributed by atoms with Gasteiger partial charge in [0.25, 0.3) is 0 Å². The molecule has 0 atom stereocenters. The van der Waals surface area contributed by atoms with E-state index in [0.717, 1.165) is 13.0 Å². The fourth-order valence-electron chi connectivity index (χ4n) is 2.05. The van der Waals surface area contributed by atoms with Crippen LogP contribution in [-0.2, 0) is 6.42 Å². The Bertz CT molecular complexity index is 332. The van der Waals surface area contributed by atoms with Crippen molar-refractivity contribution in [1.29, 1.82) is 0 Å². The van der Waals surface area contributed by atoms with E-state index in [0.29, 0.717) is 5.69 Å². The molecule has 1 aliphatic heterocycles. The van der Waals surface area contributed by atoms with Crippen molar-refractivity contribution in [3.05, 3.63) is 23.8 Å². The van der Waals surface area contributed by atoms with Gasteiger partial charge in [-0.3, -0.25) is 0 Å². The van der Waals surface area contributed by atoms with Crippen molar-refractivity contribution in [2.24, 2.45) is 0 Å². The second-order valence-electron chi connectivity index (χ2n) is 4.19. The second kappa shape index (κ2) is 4.53. The first-order chi connectivity index (χ1) is 7.25. The number of anilines is 1. The number of aromatic hydroxyl groups is 1. The fourth-order valence-corrected chi connectivity index (χ4v) is 2.05. The lowest BCUT2D eigenvalue weighted by Gasteiger charge is -2.14. The van der Waals surface area contributed by atoms with E-state index in [1.807, 2.05) is 12.1 Å². The van der Waals surface area contributed by atoms with Crippen LogP contribution in [0.3, 0.4) is 0 Å². The van der Waals surface area contributed by atoms with E-state index in [4.69, 9.17) is 5.73 Å². The summed E-state index contributed by atoms with van der Waals surface area (Å²) < 4.78 is 0. The number of phenols is 1. The smallest absolute Gasteiger partial charge is 0.138 e. The molecule has 0 unspecified atom stereocenters. The Morgan fingerprint density at radius 1 is 1.27 bits per heavy atom. The Labute approximate surface area is 90.5 Å². The van der Waals surface area contributed by atoms with E-state index < -0.39 is 0 Å². The van der Waals surface area contributed by atoms with Crippen molar-refractivity contribution < 1.29 is 5.11 Å². The quantitative estimate of drug-likeness (QED) is 0.583. The Balaban J connectivity index is 1.90. The van der Waals surface area contributed by atoms with Crippen molar-refractivity contribution in [3.63, 3.8) is 0 Å². The summed E-state index contributed by atoms with van der Waals surface area (Å²) in [6, 6.07) is 5.49. The summed E-state index contributed by atoms with van der Waals surface area (Å²) in [5, 5.41) is 9.29. The van der Waals surface area contributed by atoms with Gasteiger partial charge in [0.15, 0.2) is 0 Å². The molecule has 1 fully saturated rings. The van der Waals surface area contributed by atoms with Crippen LogP contribution in [0.1, 0.15) is 18.4 Å². The molecule has 0 radical (unpaired) electrons. The number of hydrogen-bond donors (Lipinski definition) is 2. The number of benzene rings is 1. The highest BCUT2D eigenvalue weighted by atomic mass is 16.3. The lowest BCUT2D eigenvalue weighted by atomic mass is 10.1. The molecule has 3 N–H and O–H groups in total. The second-order valence-corrected chi connectivity index (χ2v) is 4.19. The first-order valence-corrected chi connectivity index (χ1v) is 5.55. The normalized spacial score (nSPS) is 17.1. The van der Waals surface area contributed by atoms with E-state index in [1.165, 1.54) is 31.5 Å². The molecular formula is C12H18N2O. The maximum atomic E-state index is 9.29. The van der Waals surface area contributed by atoms with Gasteiger partial charge in [0.05, 0.1) is 5.69 Å². The monoisotopic (exact) mass is 206 g/mol. The molecular weight excluding hydrogens is 188 g/mol. The van der Waals surface area contributed by atoms with Crippen LogP contribution >= 0.6 is 0 Å². The molecule has 82 valence electrons. The molecule has 0 amide bonds. The zero-order chi connectivity index (χ0) is 10.7. The number of nitrogen functional groups attached to an aromatic ring is 1. The van der Waals surface area contributed by atoms with Gasteiger partial charge in [-0.2, -0.15) is 0 Å². The first-order valence-electron chi connectivity index (χ1n) is 5.55. The molecule has 3 heteroatoms. The highest BCUT2D eigenvalue weighted by Crippen LogP contribution is 2.21. The maximum Gasteiger partial charge on any atom is 0.138 e. The number of hydrogen-bond acceptors (Lipinski definition) is 3. The maximum absolute atomic E-state index is 9.29. The molecule has 3 nitrogen and oxygen atoms in total. The minimum atomic E-state index is 0.180. The zero-order valence-electron chi connectivity index (χ0n) is 8.95. The SMILES string of the molecule is Nc1cc(CCN2CCCC2)ccc1O. The van der Waals surface area contributed by atoms with Gasteiger partial charge in [0, 0.05) is 6.54 Å². The van der Waals surface area contributed by atoms with Gasteiger partial charge in [0.1, 0.15) is 5.75 Å². The van der Waals surface area contributed by atoms with Gasteiger partial charge in [-0.05, 0) is 50.0 Å². The highest BCUT2D eigenvalue weighted by Gasteiger charge is 2.10. The summed E-state index contributed by atoms with van der Waals surface area (Å²) in [4.78, 5) is 2.48. The van der Waals surface area contributed by atoms with Gasteiger partial charge >= 0.3 is 0 Å². The Kier molecular flexibility index (Phi) is 3.11. The Morgan fingerprint density at radius 2 is 2.00 bits per heavy atom.